The Labute approximate surface area is 179 Å². The molecular formula is C19H18ClN7O2S. The first-order valence-electron chi connectivity index (χ1n) is 8.94. The molecule has 2 aromatic carbocycles. The fourth-order valence-corrected chi connectivity index (χ4v) is 3.40. The fourth-order valence-electron chi connectivity index (χ4n) is 2.96. The Kier molecular flexibility index (Phi) is 5.79. The molecule has 11 heteroatoms. The van der Waals surface area contributed by atoms with Crippen LogP contribution in [0.25, 0.3) is 10.9 Å². The summed E-state index contributed by atoms with van der Waals surface area (Å²) in [5.41, 5.74) is 3.27. The maximum atomic E-state index is 10.8. The second-order valence-electron chi connectivity index (χ2n) is 6.43. The highest BCUT2D eigenvalue weighted by atomic mass is 35.5. The third-order valence-corrected chi connectivity index (χ3v) is 5.11. The van der Waals surface area contributed by atoms with E-state index in [-0.39, 0.29) is 6.54 Å². The Morgan fingerprint density at radius 3 is 2.77 bits per heavy atom. The van der Waals surface area contributed by atoms with E-state index in [1.165, 1.54) is 6.20 Å². The summed E-state index contributed by atoms with van der Waals surface area (Å²) >= 11 is 6.27. The molecule has 9 nitrogen and oxygen atoms in total. The predicted octanol–water partition coefficient (Wildman–Crippen LogP) is 3.12. The zero-order valence-electron chi connectivity index (χ0n) is 15.8. The lowest BCUT2D eigenvalue weighted by atomic mass is 10.2. The normalized spacial score (nSPS) is 11.2. The number of nitrogens with zero attached hydrogens (tertiary/aromatic N) is 4. The summed E-state index contributed by atoms with van der Waals surface area (Å²) in [5, 5.41) is 11.9. The summed E-state index contributed by atoms with van der Waals surface area (Å²) < 4.78 is 25.9. The molecule has 0 saturated carbocycles. The standard InChI is InChI=1S/C19H18ClN7O2S/c1-27-17-7-6-14(8-13(17)9-22-27)24-19-21-11-15(20)18(26-19)25-16-5-3-2-4-12(16)10-23-30(28)29/h2-9,11,30H,10H2,1H3,(H,23,28,29)(H2,21,24,25,26). The molecule has 0 radical (unpaired) electrons. The number of hydrogen-bond donors (Lipinski definition) is 4. The first kappa shape index (κ1) is 20.1. The van der Waals surface area contributed by atoms with Crippen molar-refractivity contribution in [3.8, 4) is 0 Å². The van der Waals surface area contributed by atoms with Crippen LogP contribution in [0, 0.1) is 0 Å². The van der Waals surface area contributed by atoms with Crippen LogP contribution in [0.3, 0.4) is 0 Å². The van der Waals surface area contributed by atoms with Crippen molar-refractivity contribution < 1.29 is 8.42 Å². The van der Waals surface area contributed by atoms with Crippen molar-refractivity contribution in [1.82, 2.24) is 24.5 Å². The fraction of sp³-hybridized carbons (Fsp3) is 0.105. The summed E-state index contributed by atoms with van der Waals surface area (Å²) in [6.07, 6.45) is 3.29. The van der Waals surface area contributed by atoms with E-state index in [0.29, 0.717) is 22.5 Å². The van der Waals surface area contributed by atoms with Crippen LogP contribution >= 0.6 is 11.6 Å². The second kappa shape index (κ2) is 8.66. The molecule has 30 heavy (non-hydrogen) atoms. The van der Waals surface area contributed by atoms with Crippen molar-refractivity contribution in [2.24, 2.45) is 7.05 Å². The number of anilines is 4. The molecule has 0 saturated heterocycles. The minimum Gasteiger partial charge on any atom is -0.339 e. The number of rotatable bonds is 7. The third-order valence-electron chi connectivity index (χ3n) is 4.42. The van der Waals surface area contributed by atoms with Crippen molar-refractivity contribution in [2.75, 3.05) is 10.6 Å². The first-order chi connectivity index (χ1) is 14.5. The van der Waals surface area contributed by atoms with Gasteiger partial charge in [-0.1, -0.05) is 29.8 Å². The molecule has 0 aliphatic rings. The molecule has 0 unspecified atom stereocenters. The third kappa shape index (κ3) is 4.51. The summed E-state index contributed by atoms with van der Waals surface area (Å²) in [7, 11) is -0.805. The number of aryl methyl sites for hydroxylation is 1. The van der Waals surface area contributed by atoms with Gasteiger partial charge in [-0.3, -0.25) is 4.68 Å². The Morgan fingerprint density at radius 2 is 1.93 bits per heavy atom. The molecule has 0 atom stereocenters. The largest absolute Gasteiger partial charge is 0.339 e. The number of aromatic nitrogens is 4. The van der Waals surface area contributed by atoms with Gasteiger partial charge in [0.25, 0.3) is 0 Å². The Morgan fingerprint density at radius 1 is 1.10 bits per heavy atom. The van der Waals surface area contributed by atoms with E-state index in [4.69, 9.17) is 11.6 Å². The number of halogens is 1. The van der Waals surface area contributed by atoms with Crippen molar-refractivity contribution in [2.45, 2.75) is 6.54 Å². The molecular weight excluding hydrogens is 426 g/mol. The molecule has 0 bridgehead atoms. The first-order valence-corrected chi connectivity index (χ1v) is 10.5. The predicted molar refractivity (Wildman–Crippen MR) is 118 cm³/mol. The molecule has 0 aliphatic heterocycles. The van der Waals surface area contributed by atoms with Crippen LogP contribution in [0.2, 0.25) is 5.02 Å². The molecule has 2 heterocycles. The molecule has 0 spiro atoms. The summed E-state index contributed by atoms with van der Waals surface area (Å²) in [6, 6.07) is 13.1. The second-order valence-corrected chi connectivity index (χ2v) is 7.67. The van der Waals surface area contributed by atoms with E-state index in [1.807, 2.05) is 49.5 Å². The number of hydrogen-bond acceptors (Lipinski definition) is 7. The minimum absolute atomic E-state index is 0.154. The highest BCUT2D eigenvalue weighted by Crippen LogP contribution is 2.27. The van der Waals surface area contributed by atoms with Gasteiger partial charge in [0.2, 0.25) is 16.8 Å². The van der Waals surface area contributed by atoms with Crippen LogP contribution in [-0.2, 0) is 24.5 Å². The molecule has 0 fully saturated rings. The van der Waals surface area contributed by atoms with Crippen molar-refractivity contribution in [3.05, 3.63) is 65.4 Å². The summed E-state index contributed by atoms with van der Waals surface area (Å²) in [6.45, 7) is 0.154. The van der Waals surface area contributed by atoms with Gasteiger partial charge in [-0.05, 0) is 29.8 Å². The maximum Gasteiger partial charge on any atom is 0.229 e. The average Bonchev–Trinajstić information content (AvgIpc) is 3.10. The lowest BCUT2D eigenvalue weighted by Gasteiger charge is -2.13. The number of fused-ring (bicyclic) bond motifs is 1. The van der Waals surface area contributed by atoms with E-state index in [9.17, 15) is 8.42 Å². The number of benzene rings is 2. The van der Waals surface area contributed by atoms with E-state index < -0.39 is 10.9 Å². The average molecular weight is 444 g/mol. The zero-order chi connectivity index (χ0) is 21.1. The van der Waals surface area contributed by atoms with Gasteiger partial charge in [0.1, 0.15) is 5.02 Å². The molecule has 154 valence electrons. The monoisotopic (exact) mass is 443 g/mol. The molecule has 4 rings (SSSR count). The number of para-hydroxylation sites is 1. The van der Waals surface area contributed by atoms with Gasteiger partial charge in [0, 0.05) is 30.4 Å². The van der Waals surface area contributed by atoms with Gasteiger partial charge in [-0.2, -0.15) is 10.1 Å². The lowest BCUT2D eigenvalue weighted by Crippen LogP contribution is -2.12. The van der Waals surface area contributed by atoms with Gasteiger partial charge >= 0.3 is 0 Å². The topological polar surface area (TPSA) is 114 Å². The Hall–Kier alpha value is -3.21. The highest BCUT2D eigenvalue weighted by Gasteiger charge is 2.10. The SMILES string of the molecule is Cn1ncc2cc(Nc3ncc(Cl)c(Nc4ccccc4CN[SH](=O)=O)n3)ccc21. The van der Waals surface area contributed by atoms with Gasteiger partial charge < -0.3 is 10.6 Å². The smallest absolute Gasteiger partial charge is 0.229 e. The van der Waals surface area contributed by atoms with E-state index in [1.54, 1.807) is 10.9 Å². The van der Waals surface area contributed by atoms with Crippen molar-refractivity contribution in [3.63, 3.8) is 0 Å². The van der Waals surface area contributed by atoms with Crippen LogP contribution in [0.1, 0.15) is 5.56 Å². The Bertz CT molecular complexity index is 1280. The zero-order valence-corrected chi connectivity index (χ0v) is 17.5. The lowest BCUT2D eigenvalue weighted by molar-refractivity contribution is 0.601. The van der Waals surface area contributed by atoms with E-state index in [0.717, 1.165) is 22.2 Å². The van der Waals surface area contributed by atoms with Crippen LogP contribution in [0.4, 0.5) is 23.1 Å². The summed E-state index contributed by atoms with van der Waals surface area (Å²) in [5.74, 6) is 0.763. The van der Waals surface area contributed by atoms with Crippen molar-refractivity contribution in [1.29, 1.82) is 0 Å². The van der Waals surface area contributed by atoms with Crippen LogP contribution < -0.4 is 15.4 Å². The highest BCUT2D eigenvalue weighted by molar-refractivity contribution is 7.70. The van der Waals surface area contributed by atoms with Gasteiger partial charge in [-0.25, -0.2) is 18.1 Å². The van der Waals surface area contributed by atoms with E-state index in [2.05, 4.69) is 30.4 Å². The van der Waals surface area contributed by atoms with Gasteiger partial charge in [0.05, 0.1) is 17.9 Å². The van der Waals surface area contributed by atoms with Crippen molar-refractivity contribution >= 4 is 56.5 Å². The number of thiol groups is 1. The molecule has 0 aliphatic carbocycles. The van der Waals surface area contributed by atoms with Gasteiger partial charge in [-0.15, -0.1) is 0 Å². The minimum atomic E-state index is -2.69. The maximum absolute atomic E-state index is 10.8. The molecule has 0 amide bonds. The quantitative estimate of drug-likeness (QED) is 0.324. The molecule has 4 aromatic rings. The number of nitrogens with one attached hydrogen (secondary N) is 3. The van der Waals surface area contributed by atoms with Gasteiger partial charge in [0.15, 0.2) is 5.82 Å². The molecule has 3 N–H and O–H groups in total. The van der Waals surface area contributed by atoms with E-state index >= 15 is 0 Å². The van der Waals surface area contributed by atoms with Crippen LogP contribution in [-0.4, -0.2) is 28.2 Å². The Balaban J connectivity index is 1.57. The summed E-state index contributed by atoms with van der Waals surface area (Å²) in [4.78, 5) is 8.69. The molecule has 2 aromatic heterocycles. The van der Waals surface area contributed by atoms with Crippen LogP contribution in [0.5, 0.6) is 0 Å². The van der Waals surface area contributed by atoms with Crippen LogP contribution in [0.15, 0.2) is 54.9 Å².